The lowest BCUT2D eigenvalue weighted by molar-refractivity contribution is -0.384. The van der Waals surface area contributed by atoms with Crippen LogP contribution in [0.25, 0.3) is 0 Å². The molecule has 1 aromatic heterocycles. The van der Waals surface area contributed by atoms with Gasteiger partial charge in [0.15, 0.2) is 0 Å². The maximum absolute atomic E-state index is 12.7. The summed E-state index contributed by atoms with van der Waals surface area (Å²) in [5.41, 5.74) is 0.481. The van der Waals surface area contributed by atoms with Crippen molar-refractivity contribution in [3.8, 4) is 5.88 Å². The second kappa shape index (κ2) is 8.08. The molecule has 0 unspecified atom stereocenters. The fourth-order valence-electron chi connectivity index (χ4n) is 2.63. The van der Waals surface area contributed by atoms with Crippen molar-refractivity contribution >= 4 is 23.4 Å². The summed E-state index contributed by atoms with van der Waals surface area (Å²) >= 11 is 1.47. The zero-order chi connectivity index (χ0) is 21.2. The van der Waals surface area contributed by atoms with Crippen molar-refractivity contribution in [2.45, 2.75) is 43.0 Å². The van der Waals surface area contributed by atoms with Crippen LogP contribution in [0.2, 0.25) is 0 Å². The first-order valence-electron chi connectivity index (χ1n) is 8.96. The number of carbonyl (C=O) groups is 1. The highest BCUT2D eigenvalue weighted by Crippen LogP contribution is 2.40. The lowest BCUT2D eigenvalue weighted by Gasteiger charge is -2.22. The van der Waals surface area contributed by atoms with Gasteiger partial charge in [0.25, 0.3) is 5.69 Å². The number of rotatable bonds is 5. The molecule has 0 fully saturated rings. The highest BCUT2D eigenvalue weighted by Gasteiger charge is 2.27. The lowest BCUT2D eigenvalue weighted by atomic mass is 10.1. The molecule has 0 aliphatic rings. The first kappa shape index (κ1) is 20.6. The van der Waals surface area contributed by atoms with E-state index < -0.39 is 16.4 Å². The first-order chi connectivity index (χ1) is 13.7. The number of hydrogen-bond acceptors (Lipinski definition) is 6. The smallest absolute Gasteiger partial charge is 0.344 e. The van der Waals surface area contributed by atoms with Gasteiger partial charge in [-0.2, -0.15) is 5.10 Å². The van der Waals surface area contributed by atoms with Gasteiger partial charge >= 0.3 is 5.97 Å². The minimum Gasteiger partial charge on any atom is -0.403 e. The maximum Gasteiger partial charge on any atom is 0.344 e. The Morgan fingerprint density at radius 1 is 1.10 bits per heavy atom. The van der Waals surface area contributed by atoms with Gasteiger partial charge in [-0.25, -0.2) is 9.48 Å². The number of nitrogens with zero attached hydrogens (tertiary/aromatic N) is 3. The molecule has 0 amide bonds. The second-order valence-corrected chi connectivity index (χ2v) is 8.49. The van der Waals surface area contributed by atoms with Crippen molar-refractivity contribution in [3.63, 3.8) is 0 Å². The maximum atomic E-state index is 12.7. The number of carbonyl (C=O) groups excluding carboxylic acids is 1. The molecule has 150 valence electrons. The Morgan fingerprint density at radius 2 is 1.72 bits per heavy atom. The minimum absolute atomic E-state index is 0.0857. The molecule has 0 radical (unpaired) electrons. The molecule has 0 spiro atoms. The molecule has 0 saturated heterocycles. The first-order valence-corrected chi connectivity index (χ1v) is 9.78. The van der Waals surface area contributed by atoms with Crippen molar-refractivity contribution in [2.75, 3.05) is 0 Å². The fraction of sp³-hybridized carbons (Fsp3) is 0.238. The number of ether oxygens (including phenoxy) is 1. The summed E-state index contributed by atoms with van der Waals surface area (Å²) in [7, 11) is 0. The summed E-state index contributed by atoms with van der Waals surface area (Å²) in [6.07, 6.45) is 0. The quantitative estimate of drug-likeness (QED) is 0.325. The van der Waals surface area contributed by atoms with E-state index in [0.29, 0.717) is 5.88 Å². The fourth-order valence-corrected chi connectivity index (χ4v) is 3.56. The molecule has 8 heteroatoms. The van der Waals surface area contributed by atoms with Crippen LogP contribution in [0.3, 0.4) is 0 Å². The number of esters is 1. The molecule has 1 heterocycles. The predicted molar refractivity (Wildman–Crippen MR) is 111 cm³/mol. The van der Waals surface area contributed by atoms with Gasteiger partial charge in [-0.3, -0.25) is 10.1 Å². The van der Waals surface area contributed by atoms with E-state index in [1.165, 1.54) is 36.0 Å². The third-order valence-electron chi connectivity index (χ3n) is 4.07. The van der Waals surface area contributed by atoms with E-state index in [4.69, 9.17) is 4.74 Å². The van der Waals surface area contributed by atoms with E-state index >= 15 is 0 Å². The van der Waals surface area contributed by atoms with Crippen LogP contribution < -0.4 is 4.74 Å². The van der Waals surface area contributed by atoms with E-state index in [2.05, 4.69) is 5.10 Å². The van der Waals surface area contributed by atoms with Gasteiger partial charge in [-0.1, -0.05) is 30.0 Å². The summed E-state index contributed by atoms with van der Waals surface area (Å²) < 4.78 is 7.44. The topological polar surface area (TPSA) is 87.3 Å². The number of non-ortho nitro benzene ring substituents is 1. The summed E-state index contributed by atoms with van der Waals surface area (Å²) in [6, 6.07) is 15.1. The number of aromatic nitrogens is 2. The van der Waals surface area contributed by atoms with Crippen LogP contribution in [-0.2, 0) is 5.54 Å². The molecule has 3 aromatic rings. The van der Waals surface area contributed by atoms with Gasteiger partial charge in [0, 0.05) is 17.0 Å². The lowest BCUT2D eigenvalue weighted by Crippen LogP contribution is -2.25. The van der Waals surface area contributed by atoms with Crippen molar-refractivity contribution in [2.24, 2.45) is 0 Å². The standard InChI is InChI=1S/C21H21N3O4S/c1-14-18(29-17-8-6-5-7-9-17)19(23(22-14)21(2,3)4)28-20(25)15-10-12-16(13-11-15)24(26)27/h5-13H,1-4H3. The SMILES string of the molecule is Cc1nn(C(C)(C)C)c(OC(=O)c2ccc([N+](=O)[O-])cc2)c1Sc1ccccc1. The van der Waals surface area contributed by atoms with Crippen molar-refractivity contribution in [1.82, 2.24) is 9.78 Å². The molecular weight excluding hydrogens is 390 g/mol. The molecule has 0 aliphatic carbocycles. The Labute approximate surface area is 172 Å². The molecule has 3 rings (SSSR count). The predicted octanol–water partition coefficient (Wildman–Crippen LogP) is 5.23. The highest BCUT2D eigenvalue weighted by atomic mass is 32.2. The third-order valence-corrected chi connectivity index (χ3v) is 5.25. The van der Waals surface area contributed by atoms with E-state index in [0.717, 1.165) is 15.5 Å². The summed E-state index contributed by atoms with van der Waals surface area (Å²) in [5.74, 6) is -0.243. The van der Waals surface area contributed by atoms with Gasteiger partial charge in [-0.15, -0.1) is 0 Å². The van der Waals surface area contributed by atoms with Crippen LogP contribution >= 0.6 is 11.8 Å². The van der Waals surface area contributed by atoms with Gasteiger partial charge in [0.05, 0.1) is 26.6 Å². The Balaban J connectivity index is 1.97. The Hall–Kier alpha value is -3.13. The largest absolute Gasteiger partial charge is 0.403 e. The Bertz CT molecular complexity index is 1040. The van der Waals surface area contributed by atoms with Gasteiger partial charge in [-0.05, 0) is 52.0 Å². The molecule has 0 saturated carbocycles. The normalized spacial score (nSPS) is 11.3. The average molecular weight is 411 g/mol. The Kier molecular flexibility index (Phi) is 5.74. The summed E-state index contributed by atoms with van der Waals surface area (Å²) in [6.45, 7) is 7.79. The molecule has 0 aliphatic heterocycles. The number of nitro groups is 1. The number of aryl methyl sites for hydroxylation is 1. The molecule has 7 nitrogen and oxygen atoms in total. The molecule has 2 aromatic carbocycles. The van der Waals surface area contributed by atoms with Crippen molar-refractivity contribution in [3.05, 3.63) is 76.0 Å². The van der Waals surface area contributed by atoms with E-state index in [-0.39, 0.29) is 11.3 Å². The zero-order valence-corrected chi connectivity index (χ0v) is 17.4. The third kappa shape index (κ3) is 4.65. The van der Waals surface area contributed by atoms with Crippen LogP contribution in [0.5, 0.6) is 5.88 Å². The molecule has 0 atom stereocenters. The van der Waals surface area contributed by atoms with Crippen LogP contribution in [0.15, 0.2) is 64.4 Å². The van der Waals surface area contributed by atoms with Crippen LogP contribution in [0, 0.1) is 17.0 Å². The van der Waals surface area contributed by atoms with Crippen molar-refractivity contribution < 1.29 is 14.5 Å². The molecule has 0 bridgehead atoms. The van der Waals surface area contributed by atoms with E-state index in [1.54, 1.807) is 4.68 Å². The summed E-state index contributed by atoms with van der Waals surface area (Å²) in [4.78, 5) is 24.8. The summed E-state index contributed by atoms with van der Waals surface area (Å²) in [5, 5.41) is 15.4. The Morgan fingerprint density at radius 3 is 2.28 bits per heavy atom. The minimum atomic E-state index is -0.597. The molecular formula is C21H21N3O4S. The second-order valence-electron chi connectivity index (χ2n) is 7.41. The monoisotopic (exact) mass is 411 g/mol. The average Bonchev–Trinajstić information content (AvgIpc) is 2.98. The molecule has 29 heavy (non-hydrogen) atoms. The van der Waals surface area contributed by atoms with Crippen LogP contribution in [0.4, 0.5) is 5.69 Å². The van der Waals surface area contributed by atoms with Gasteiger partial charge < -0.3 is 4.74 Å². The highest BCUT2D eigenvalue weighted by molar-refractivity contribution is 7.99. The van der Waals surface area contributed by atoms with Crippen molar-refractivity contribution in [1.29, 1.82) is 0 Å². The molecule has 0 N–H and O–H groups in total. The number of hydrogen-bond donors (Lipinski definition) is 0. The van der Waals surface area contributed by atoms with Gasteiger partial charge in [0.2, 0.25) is 5.88 Å². The van der Waals surface area contributed by atoms with E-state index in [9.17, 15) is 14.9 Å². The zero-order valence-electron chi connectivity index (χ0n) is 16.6. The van der Waals surface area contributed by atoms with Crippen LogP contribution in [-0.4, -0.2) is 20.7 Å². The van der Waals surface area contributed by atoms with Crippen LogP contribution in [0.1, 0.15) is 36.8 Å². The number of nitro benzene ring substituents is 1. The van der Waals surface area contributed by atoms with E-state index in [1.807, 2.05) is 58.0 Å². The van der Waals surface area contributed by atoms with Gasteiger partial charge in [0.1, 0.15) is 0 Å². The number of benzene rings is 2.